The van der Waals surface area contributed by atoms with Gasteiger partial charge in [0.25, 0.3) is 5.91 Å². The van der Waals surface area contributed by atoms with Crippen LogP contribution >= 0.6 is 11.6 Å². The number of nitrogens with one attached hydrogen (secondary N) is 1. The molecule has 0 atom stereocenters. The Morgan fingerprint density at radius 1 is 1.22 bits per heavy atom. The number of phenolic OH excluding ortho intramolecular Hbond substituents is 2. The Kier molecular flexibility index (Phi) is 3.86. The van der Waals surface area contributed by atoms with Crippen molar-refractivity contribution in [1.29, 1.82) is 0 Å². The molecule has 0 aliphatic carbocycles. The molecule has 0 aliphatic rings. The maximum Gasteiger partial charge on any atom is 0.292 e. The molecule has 0 radical (unpaired) electrons. The molecule has 1 amide bonds. The summed E-state index contributed by atoms with van der Waals surface area (Å²) in [5.41, 5.74) is -0.632. The second kappa shape index (κ2) is 4.86. The van der Waals surface area contributed by atoms with Crippen molar-refractivity contribution in [2.75, 3.05) is 0 Å². The molecule has 18 heavy (non-hydrogen) atoms. The number of ketones is 1. The third-order valence-corrected chi connectivity index (χ3v) is 2.29. The van der Waals surface area contributed by atoms with Crippen LogP contribution < -0.4 is 5.32 Å². The second-order valence-electron chi connectivity index (χ2n) is 4.86. The van der Waals surface area contributed by atoms with Crippen LogP contribution in [0.25, 0.3) is 0 Å². The lowest BCUT2D eigenvalue weighted by Gasteiger charge is -2.19. The Morgan fingerprint density at radius 3 is 2.22 bits per heavy atom. The van der Waals surface area contributed by atoms with Crippen molar-refractivity contribution >= 4 is 23.3 Å². The van der Waals surface area contributed by atoms with E-state index in [0.29, 0.717) is 0 Å². The van der Waals surface area contributed by atoms with Crippen LogP contribution in [0.5, 0.6) is 11.5 Å². The van der Waals surface area contributed by atoms with Crippen LogP contribution in [0.3, 0.4) is 0 Å². The molecule has 3 N–H and O–H groups in total. The zero-order chi connectivity index (χ0) is 14.1. The number of hydrogen-bond donors (Lipinski definition) is 3. The molecule has 0 heterocycles. The number of amides is 1. The van der Waals surface area contributed by atoms with Crippen LogP contribution in [-0.2, 0) is 4.79 Å². The van der Waals surface area contributed by atoms with Crippen molar-refractivity contribution in [3.8, 4) is 11.5 Å². The first-order valence-corrected chi connectivity index (χ1v) is 5.58. The molecule has 0 bridgehead atoms. The first-order chi connectivity index (χ1) is 8.11. The monoisotopic (exact) mass is 271 g/mol. The van der Waals surface area contributed by atoms with Crippen LogP contribution in [0, 0.1) is 0 Å². The van der Waals surface area contributed by atoms with Gasteiger partial charge in [0.2, 0.25) is 5.78 Å². The van der Waals surface area contributed by atoms with Gasteiger partial charge in [-0.25, -0.2) is 0 Å². The van der Waals surface area contributed by atoms with Gasteiger partial charge in [-0.15, -0.1) is 0 Å². The first-order valence-electron chi connectivity index (χ1n) is 5.20. The third kappa shape index (κ3) is 3.37. The fourth-order valence-electron chi connectivity index (χ4n) is 1.24. The zero-order valence-electron chi connectivity index (χ0n) is 10.2. The van der Waals surface area contributed by atoms with Crippen LogP contribution in [0.2, 0.25) is 5.02 Å². The van der Waals surface area contributed by atoms with Crippen molar-refractivity contribution in [2.24, 2.45) is 0 Å². The summed E-state index contributed by atoms with van der Waals surface area (Å²) in [5, 5.41) is 20.9. The lowest BCUT2D eigenvalue weighted by Crippen LogP contribution is -2.44. The molecule has 1 aromatic carbocycles. The Morgan fingerprint density at radius 2 is 1.78 bits per heavy atom. The van der Waals surface area contributed by atoms with E-state index in [0.717, 1.165) is 12.1 Å². The normalized spacial score (nSPS) is 11.1. The van der Waals surface area contributed by atoms with E-state index in [2.05, 4.69) is 5.32 Å². The van der Waals surface area contributed by atoms with Gasteiger partial charge in [-0.05, 0) is 32.9 Å². The van der Waals surface area contributed by atoms with Crippen LogP contribution in [0.1, 0.15) is 31.1 Å². The number of halogens is 1. The highest BCUT2D eigenvalue weighted by Crippen LogP contribution is 2.34. The molecule has 1 aromatic rings. The topological polar surface area (TPSA) is 86.6 Å². The molecular formula is C12H14ClNO4. The standard InChI is InChI=1S/C12H14ClNO4/c1-12(2,3)14-11(18)9(16)6-4-7(13)10(17)8(15)5-6/h4-5,15,17H,1-3H3,(H,14,18). The van der Waals surface area contributed by atoms with Crippen molar-refractivity contribution < 1.29 is 19.8 Å². The molecular weight excluding hydrogens is 258 g/mol. The summed E-state index contributed by atoms with van der Waals surface area (Å²) in [6.45, 7) is 5.21. The minimum atomic E-state index is -0.831. The summed E-state index contributed by atoms with van der Waals surface area (Å²) in [7, 11) is 0. The van der Waals surface area contributed by atoms with E-state index in [1.165, 1.54) is 0 Å². The van der Waals surface area contributed by atoms with Gasteiger partial charge >= 0.3 is 0 Å². The van der Waals surface area contributed by atoms with E-state index in [1.54, 1.807) is 20.8 Å². The smallest absolute Gasteiger partial charge is 0.292 e. The highest BCUT2D eigenvalue weighted by atomic mass is 35.5. The summed E-state index contributed by atoms with van der Waals surface area (Å²) in [6.07, 6.45) is 0. The number of hydrogen-bond acceptors (Lipinski definition) is 4. The predicted molar refractivity (Wildman–Crippen MR) is 67.0 cm³/mol. The van der Waals surface area contributed by atoms with E-state index in [1.807, 2.05) is 0 Å². The molecule has 0 aromatic heterocycles. The molecule has 98 valence electrons. The Balaban J connectivity index is 3.02. The summed E-state index contributed by atoms with van der Waals surface area (Å²) >= 11 is 5.61. The largest absolute Gasteiger partial charge is 0.504 e. The number of aromatic hydroxyl groups is 2. The van der Waals surface area contributed by atoms with Gasteiger partial charge in [0.05, 0.1) is 5.02 Å². The van der Waals surface area contributed by atoms with E-state index in [4.69, 9.17) is 11.6 Å². The van der Waals surface area contributed by atoms with Crippen LogP contribution in [0.15, 0.2) is 12.1 Å². The van der Waals surface area contributed by atoms with Crippen LogP contribution in [0.4, 0.5) is 0 Å². The minimum Gasteiger partial charge on any atom is -0.504 e. The molecule has 0 fully saturated rings. The van der Waals surface area contributed by atoms with Gasteiger partial charge in [-0.3, -0.25) is 9.59 Å². The van der Waals surface area contributed by atoms with Gasteiger partial charge in [0.15, 0.2) is 11.5 Å². The van der Waals surface area contributed by atoms with E-state index < -0.39 is 28.7 Å². The summed E-state index contributed by atoms with van der Waals surface area (Å²) < 4.78 is 0. The lowest BCUT2D eigenvalue weighted by atomic mass is 10.1. The molecule has 1 rings (SSSR count). The molecule has 5 nitrogen and oxygen atoms in total. The van der Waals surface area contributed by atoms with E-state index in [9.17, 15) is 19.8 Å². The Bertz CT molecular complexity index is 482. The van der Waals surface area contributed by atoms with Gasteiger partial charge < -0.3 is 15.5 Å². The van der Waals surface area contributed by atoms with Gasteiger partial charge in [0.1, 0.15) is 0 Å². The highest BCUT2D eigenvalue weighted by molar-refractivity contribution is 6.43. The number of Topliss-reactive ketones (excluding diaryl/α,β-unsaturated/α-hetero) is 1. The average Bonchev–Trinajstić information content (AvgIpc) is 2.21. The van der Waals surface area contributed by atoms with E-state index >= 15 is 0 Å². The molecule has 0 spiro atoms. The Labute approximate surface area is 109 Å². The predicted octanol–water partition coefficient (Wildman–Crippen LogP) is 1.85. The third-order valence-electron chi connectivity index (χ3n) is 2.00. The average molecular weight is 272 g/mol. The summed E-state index contributed by atoms with van der Waals surface area (Å²) in [6, 6.07) is 2.12. The zero-order valence-corrected chi connectivity index (χ0v) is 11.0. The van der Waals surface area contributed by atoms with Gasteiger partial charge in [-0.1, -0.05) is 11.6 Å². The fourth-order valence-corrected chi connectivity index (χ4v) is 1.46. The quantitative estimate of drug-likeness (QED) is 0.435. The molecule has 0 unspecified atom stereocenters. The molecule has 0 saturated carbocycles. The summed E-state index contributed by atoms with van der Waals surface area (Å²) in [5.74, 6) is -2.70. The maximum absolute atomic E-state index is 11.8. The van der Waals surface area contributed by atoms with E-state index in [-0.39, 0.29) is 10.6 Å². The highest BCUT2D eigenvalue weighted by Gasteiger charge is 2.23. The maximum atomic E-state index is 11.8. The number of phenols is 2. The number of benzene rings is 1. The van der Waals surface area contributed by atoms with Crippen molar-refractivity contribution in [3.05, 3.63) is 22.7 Å². The molecule has 0 saturated heterocycles. The molecule has 6 heteroatoms. The van der Waals surface area contributed by atoms with Crippen molar-refractivity contribution in [1.82, 2.24) is 5.32 Å². The fraction of sp³-hybridized carbons (Fsp3) is 0.333. The first kappa shape index (κ1) is 14.3. The number of rotatable bonds is 2. The minimum absolute atomic E-state index is 0.0861. The van der Waals surface area contributed by atoms with Crippen molar-refractivity contribution in [3.63, 3.8) is 0 Å². The second-order valence-corrected chi connectivity index (χ2v) is 5.27. The van der Waals surface area contributed by atoms with Gasteiger partial charge in [0, 0.05) is 11.1 Å². The molecule has 0 aliphatic heterocycles. The van der Waals surface area contributed by atoms with Gasteiger partial charge in [-0.2, -0.15) is 0 Å². The number of carbonyl (C=O) groups is 2. The lowest BCUT2D eigenvalue weighted by molar-refractivity contribution is -0.118. The Hall–Kier alpha value is -1.75. The SMILES string of the molecule is CC(C)(C)NC(=O)C(=O)c1cc(O)c(O)c(Cl)c1. The number of carbonyl (C=O) groups excluding carboxylic acids is 2. The summed E-state index contributed by atoms with van der Waals surface area (Å²) in [4.78, 5) is 23.4. The van der Waals surface area contributed by atoms with Crippen molar-refractivity contribution in [2.45, 2.75) is 26.3 Å². The van der Waals surface area contributed by atoms with Crippen LogP contribution in [-0.4, -0.2) is 27.4 Å².